The predicted octanol–water partition coefficient (Wildman–Crippen LogP) is 0.871. The molecular formula is C11H19N3O. The second-order valence-electron chi connectivity index (χ2n) is 3.33. The quantitative estimate of drug-likeness (QED) is 0.755. The third kappa shape index (κ3) is 3.85. The smallest absolute Gasteiger partial charge is 0.213 e. The van der Waals surface area contributed by atoms with Crippen molar-refractivity contribution in [3.63, 3.8) is 0 Å². The van der Waals surface area contributed by atoms with E-state index in [1.165, 1.54) is 0 Å². The summed E-state index contributed by atoms with van der Waals surface area (Å²) in [6.45, 7) is 5.50. The summed E-state index contributed by atoms with van der Waals surface area (Å²) in [5.41, 5.74) is 6.55. The van der Waals surface area contributed by atoms with E-state index in [9.17, 15) is 0 Å². The maximum absolute atomic E-state index is 5.53. The van der Waals surface area contributed by atoms with Crippen LogP contribution in [0.4, 0.5) is 0 Å². The molecule has 0 saturated carbocycles. The maximum atomic E-state index is 5.53. The lowest BCUT2D eigenvalue weighted by Gasteiger charge is -2.18. The number of methoxy groups -OCH3 is 1. The molecule has 0 aliphatic heterocycles. The minimum Gasteiger partial charge on any atom is -0.481 e. The highest BCUT2D eigenvalue weighted by Gasteiger charge is 2.04. The van der Waals surface area contributed by atoms with E-state index in [1.54, 1.807) is 7.11 Å². The molecule has 2 N–H and O–H groups in total. The van der Waals surface area contributed by atoms with Crippen molar-refractivity contribution in [3.05, 3.63) is 23.9 Å². The highest BCUT2D eigenvalue weighted by molar-refractivity contribution is 5.15. The van der Waals surface area contributed by atoms with E-state index in [0.29, 0.717) is 12.4 Å². The number of likely N-dealkylation sites (N-methyl/N-ethyl adjacent to an activating group) is 1. The average Bonchev–Trinajstić information content (AvgIpc) is 2.29. The van der Waals surface area contributed by atoms with Crippen molar-refractivity contribution in [1.29, 1.82) is 0 Å². The first-order chi connectivity index (χ1) is 7.30. The number of ether oxygens (including phenoxy) is 1. The number of aromatic nitrogens is 1. The molecule has 1 heterocycles. The molecule has 4 heteroatoms. The first kappa shape index (κ1) is 11.9. The number of hydrogen-bond donors (Lipinski definition) is 1. The van der Waals surface area contributed by atoms with E-state index in [-0.39, 0.29) is 0 Å². The van der Waals surface area contributed by atoms with Gasteiger partial charge in [-0.3, -0.25) is 4.90 Å². The van der Waals surface area contributed by atoms with Crippen molar-refractivity contribution in [2.24, 2.45) is 5.73 Å². The topological polar surface area (TPSA) is 51.4 Å². The summed E-state index contributed by atoms with van der Waals surface area (Å²) in [5.74, 6) is 0.663. The fraction of sp³-hybridized carbons (Fsp3) is 0.545. The third-order valence-corrected chi connectivity index (χ3v) is 2.27. The minimum atomic E-state index is 0.663. The van der Waals surface area contributed by atoms with Crippen LogP contribution in [0.15, 0.2) is 18.2 Å². The fourth-order valence-corrected chi connectivity index (χ4v) is 1.42. The summed E-state index contributed by atoms with van der Waals surface area (Å²) < 4.78 is 5.08. The van der Waals surface area contributed by atoms with Gasteiger partial charge < -0.3 is 10.5 Å². The molecule has 0 aliphatic rings. The summed E-state index contributed by atoms with van der Waals surface area (Å²) >= 11 is 0. The van der Waals surface area contributed by atoms with Crippen LogP contribution < -0.4 is 10.5 Å². The van der Waals surface area contributed by atoms with Crippen LogP contribution in [-0.4, -0.2) is 36.6 Å². The summed E-state index contributed by atoms with van der Waals surface area (Å²) in [7, 11) is 1.63. The molecule has 1 aromatic rings. The molecule has 1 aromatic heterocycles. The van der Waals surface area contributed by atoms with Crippen LogP contribution in [0.2, 0.25) is 0 Å². The molecule has 4 nitrogen and oxygen atoms in total. The molecule has 0 unspecified atom stereocenters. The van der Waals surface area contributed by atoms with Crippen LogP contribution in [0.3, 0.4) is 0 Å². The molecule has 0 aromatic carbocycles. The van der Waals surface area contributed by atoms with Crippen molar-refractivity contribution in [2.75, 3.05) is 26.7 Å². The zero-order valence-corrected chi connectivity index (χ0v) is 9.44. The second kappa shape index (κ2) is 6.37. The van der Waals surface area contributed by atoms with Crippen LogP contribution in [0.25, 0.3) is 0 Å². The molecule has 0 spiro atoms. The van der Waals surface area contributed by atoms with Gasteiger partial charge in [0.15, 0.2) is 0 Å². The molecule has 84 valence electrons. The van der Waals surface area contributed by atoms with Crippen LogP contribution in [0.5, 0.6) is 5.88 Å². The first-order valence-corrected chi connectivity index (χ1v) is 5.22. The van der Waals surface area contributed by atoms with E-state index >= 15 is 0 Å². The summed E-state index contributed by atoms with van der Waals surface area (Å²) in [5, 5.41) is 0. The van der Waals surface area contributed by atoms with Crippen molar-refractivity contribution in [3.8, 4) is 5.88 Å². The van der Waals surface area contributed by atoms with E-state index < -0.39 is 0 Å². The van der Waals surface area contributed by atoms with Gasteiger partial charge in [0.2, 0.25) is 5.88 Å². The number of nitrogens with two attached hydrogens (primary N) is 1. The van der Waals surface area contributed by atoms with Gasteiger partial charge in [0, 0.05) is 25.7 Å². The lowest BCUT2D eigenvalue weighted by molar-refractivity contribution is 0.283. The van der Waals surface area contributed by atoms with E-state index in [1.807, 2.05) is 18.2 Å². The molecule has 0 fully saturated rings. The van der Waals surface area contributed by atoms with Gasteiger partial charge in [-0.15, -0.1) is 0 Å². The Morgan fingerprint density at radius 3 is 2.87 bits per heavy atom. The van der Waals surface area contributed by atoms with Crippen molar-refractivity contribution in [2.45, 2.75) is 13.5 Å². The highest BCUT2D eigenvalue weighted by atomic mass is 16.5. The van der Waals surface area contributed by atoms with E-state index in [4.69, 9.17) is 10.5 Å². The number of pyridine rings is 1. The lowest BCUT2D eigenvalue weighted by atomic mass is 10.3. The second-order valence-corrected chi connectivity index (χ2v) is 3.33. The monoisotopic (exact) mass is 209 g/mol. The Bertz CT molecular complexity index is 291. The van der Waals surface area contributed by atoms with Gasteiger partial charge in [0.05, 0.1) is 12.8 Å². The third-order valence-electron chi connectivity index (χ3n) is 2.27. The Kier molecular flexibility index (Phi) is 5.07. The Labute approximate surface area is 91.1 Å². The standard InChI is InChI=1S/C11H19N3O/c1-3-14(8-7-12)9-10-5-4-6-11(13-10)15-2/h4-6H,3,7-9,12H2,1-2H3. The summed E-state index contributed by atoms with van der Waals surface area (Å²) in [6.07, 6.45) is 0. The van der Waals surface area contributed by atoms with Gasteiger partial charge in [0.25, 0.3) is 0 Å². The zero-order valence-electron chi connectivity index (χ0n) is 9.44. The predicted molar refractivity (Wildman–Crippen MR) is 60.8 cm³/mol. The lowest BCUT2D eigenvalue weighted by Crippen LogP contribution is -2.29. The van der Waals surface area contributed by atoms with Crippen LogP contribution >= 0.6 is 0 Å². The Hall–Kier alpha value is -1.13. The van der Waals surface area contributed by atoms with Gasteiger partial charge in [-0.05, 0) is 12.6 Å². The molecule has 15 heavy (non-hydrogen) atoms. The van der Waals surface area contributed by atoms with Crippen LogP contribution in [0.1, 0.15) is 12.6 Å². The normalized spacial score (nSPS) is 10.7. The van der Waals surface area contributed by atoms with Crippen molar-refractivity contribution in [1.82, 2.24) is 9.88 Å². The fourth-order valence-electron chi connectivity index (χ4n) is 1.42. The molecule has 1 rings (SSSR count). The summed E-state index contributed by atoms with van der Waals surface area (Å²) in [4.78, 5) is 6.61. The average molecular weight is 209 g/mol. The zero-order chi connectivity index (χ0) is 11.1. The van der Waals surface area contributed by atoms with Gasteiger partial charge in [-0.1, -0.05) is 13.0 Å². The number of nitrogens with zero attached hydrogens (tertiary/aromatic N) is 2. The van der Waals surface area contributed by atoms with E-state index in [0.717, 1.165) is 25.3 Å². The number of hydrogen-bond acceptors (Lipinski definition) is 4. The SMILES string of the molecule is CCN(CCN)Cc1cccc(OC)n1. The maximum Gasteiger partial charge on any atom is 0.213 e. The van der Waals surface area contributed by atoms with Gasteiger partial charge in [0.1, 0.15) is 0 Å². The number of rotatable bonds is 6. The molecule has 0 aliphatic carbocycles. The first-order valence-electron chi connectivity index (χ1n) is 5.22. The van der Waals surface area contributed by atoms with Crippen LogP contribution in [0, 0.1) is 0 Å². The highest BCUT2D eigenvalue weighted by Crippen LogP contribution is 2.08. The van der Waals surface area contributed by atoms with Gasteiger partial charge >= 0.3 is 0 Å². The van der Waals surface area contributed by atoms with Crippen LogP contribution in [-0.2, 0) is 6.54 Å². The Morgan fingerprint density at radius 1 is 1.47 bits per heavy atom. The molecular weight excluding hydrogens is 190 g/mol. The molecule has 0 amide bonds. The van der Waals surface area contributed by atoms with Gasteiger partial charge in [-0.25, -0.2) is 4.98 Å². The largest absolute Gasteiger partial charge is 0.481 e. The molecule has 0 atom stereocenters. The Morgan fingerprint density at radius 2 is 2.27 bits per heavy atom. The molecule has 0 saturated heterocycles. The van der Waals surface area contributed by atoms with Crippen molar-refractivity contribution >= 4 is 0 Å². The van der Waals surface area contributed by atoms with Gasteiger partial charge in [-0.2, -0.15) is 0 Å². The molecule has 0 bridgehead atoms. The molecule has 0 radical (unpaired) electrons. The summed E-state index contributed by atoms with van der Waals surface area (Å²) in [6, 6.07) is 5.81. The van der Waals surface area contributed by atoms with E-state index in [2.05, 4.69) is 16.8 Å². The minimum absolute atomic E-state index is 0.663. The van der Waals surface area contributed by atoms with Crippen molar-refractivity contribution < 1.29 is 4.74 Å². The Balaban J connectivity index is 2.61.